The Labute approximate surface area is 116 Å². The normalized spacial score (nSPS) is 11.5. The van der Waals surface area contributed by atoms with Crippen molar-refractivity contribution < 1.29 is 4.39 Å². The van der Waals surface area contributed by atoms with E-state index in [0.29, 0.717) is 0 Å². The summed E-state index contributed by atoms with van der Waals surface area (Å²) in [6, 6.07) is 5.20. The molecule has 1 unspecified atom stereocenters. The molecule has 84 valence electrons. The van der Waals surface area contributed by atoms with Crippen LogP contribution in [0.3, 0.4) is 0 Å². The van der Waals surface area contributed by atoms with E-state index in [-0.39, 0.29) is 5.82 Å². The van der Waals surface area contributed by atoms with Crippen molar-refractivity contribution >= 4 is 56.4 Å². The van der Waals surface area contributed by atoms with E-state index in [4.69, 9.17) is 0 Å². The molecular formula is C10H8AsBr2FN2. The fraction of sp³-hybridized carbons (Fsp3) is 0.100. The Balaban J connectivity index is 2.34. The minimum atomic E-state index is -0.701. The zero-order valence-corrected chi connectivity index (χ0v) is 13.6. The van der Waals surface area contributed by atoms with Gasteiger partial charge in [-0.15, -0.1) is 0 Å². The average molecular weight is 410 g/mol. The standard InChI is InChI=1S/C10H8AsBr2FN2/c1-16-10(8(13)5-15-16)11-7-3-2-6(12)4-9(7)14/h2-5,11H,1H3. The van der Waals surface area contributed by atoms with Gasteiger partial charge in [0.25, 0.3) is 0 Å². The number of hydrogen-bond donors (Lipinski definition) is 0. The number of aryl methyl sites for hydroxylation is 1. The van der Waals surface area contributed by atoms with E-state index in [1.54, 1.807) is 10.9 Å². The Hall–Kier alpha value is -0.122. The maximum atomic E-state index is 13.7. The Morgan fingerprint density at radius 1 is 1.38 bits per heavy atom. The second-order valence-corrected chi connectivity index (χ2v) is 7.63. The van der Waals surface area contributed by atoms with Gasteiger partial charge in [0.1, 0.15) is 0 Å². The van der Waals surface area contributed by atoms with Gasteiger partial charge in [-0.25, -0.2) is 0 Å². The third kappa shape index (κ3) is 2.58. The van der Waals surface area contributed by atoms with Crippen molar-refractivity contribution in [3.05, 3.63) is 39.2 Å². The molecule has 1 atom stereocenters. The van der Waals surface area contributed by atoms with Crippen LogP contribution in [0, 0.1) is 5.82 Å². The Kier molecular flexibility index (Phi) is 3.88. The third-order valence-corrected chi connectivity index (χ3v) is 7.08. The summed E-state index contributed by atoms with van der Waals surface area (Å²) in [6.45, 7) is 0. The molecule has 0 fully saturated rings. The zero-order valence-electron chi connectivity index (χ0n) is 8.34. The van der Waals surface area contributed by atoms with E-state index in [9.17, 15) is 4.39 Å². The molecule has 1 aromatic carbocycles. The van der Waals surface area contributed by atoms with Gasteiger partial charge >= 0.3 is 117 Å². The van der Waals surface area contributed by atoms with Crippen molar-refractivity contribution in [1.29, 1.82) is 0 Å². The van der Waals surface area contributed by atoms with Gasteiger partial charge in [-0.2, -0.15) is 0 Å². The zero-order chi connectivity index (χ0) is 11.7. The van der Waals surface area contributed by atoms with Crippen molar-refractivity contribution in [2.24, 2.45) is 7.05 Å². The number of hydrogen-bond acceptors (Lipinski definition) is 1. The van der Waals surface area contributed by atoms with Crippen LogP contribution in [0.4, 0.5) is 4.39 Å². The second kappa shape index (κ2) is 5.03. The van der Waals surface area contributed by atoms with Gasteiger partial charge < -0.3 is 0 Å². The molecule has 0 aliphatic carbocycles. The molecule has 0 spiro atoms. The summed E-state index contributed by atoms with van der Waals surface area (Å²) in [5, 5.41) is 4.13. The number of halogens is 3. The van der Waals surface area contributed by atoms with Crippen LogP contribution in [0.2, 0.25) is 0 Å². The van der Waals surface area contributed by atoms with E-state index in [0.717, 1.165) is 17.8 Å². The number of rotatable bonds is 2. The second-order valence-electron chi connectivity index (χ2n) is 3.21. The number of nitrogens with zero attached hydrogens (tertiary/aromatic N) is 2. The van der Waals surface area contributed by atoms with Gasteiger partial charge in [0.05, 0.1) is 0 Å². The van der Waals surface area contributed by atoms with Crippen LogP contribution >= 0.6 is 31.9 Å². The van der Waals surface area contributed by atoms with Gasteiger partial charge in [-0.1, -0.05) is 0 Å². The molecule has 2 rings (SSSR count). The summed E-state index contributed by atoms with van der Waals surface area (Å²) < 4.78 is 19.1. The molecule has 0 saturated carbocycles. The summed E-state index contributed by atoms with van der Waals surface area (Å²) >= 11 is 5.98. The predicted octanol–water partition coefficient (Wildman–Crippen LogP) is 1.47. The van der Waals surface area contributed by atoms with Gasteiger partial charge in [-0.05, 0) is 0 Å². The first-order valence-corrected chi connectivity index (χ1v) is 8.16. The van der Waals surface area contributed by atoms with Crippen LogP contribution in [0.25, 0.3) is 0 Å². The molecular weight excluding hydrogens is 402 g/mol. The monoisotopic (exact) mass is 408 g/mol. The summed E-state index contributed by atoms with van der Waals surface area (Å²) in [4.78, 5) is 0. The first kappa shape index (κ1) is 12.3. The molecule has 0 radical (unpaired) electrons. The molecule has 0 aliphatic heterocycles. The van der Waals surface area contributed by atoms with Gasteiger partial charge in [0.15, 0.2) is 0 Å². The van der Waals surface area contributed by atoms with Crippen molar-refractivity contribution in [2.75, 3.05) is 0 Å². The summed E-state index contributed by atoms with van der Waals surface area (Å²) in [5.41, 5.74) is 0. The van der Waals surface area contributed by atoms with E-state index in [1.165, 1.54) is 6.07 Å². The van der Waals surface area contributed by atoms with Gasteiger partial charge in [0, 0.05) is 0 Å². The van der Waals surface area contributed by atoms with E-state index in [1.807, 2.05) is 19.2 Å². The first-order chi connectivity index (χ1) is 7.58. The van der Waals surface area contributed by atoms with Gasteiger partial charge in [-0.3, -0.25) is 0 Å². The van der Waals surface area contributed by atoms with Crippen LogP contribution in [0.5, 0.6) is 0 Å². The molecule has 0 amide bonds. The molecule has 2 nitrogen and oxygen atoms in total. The SMILES string of the molecule is Cn1ncc(Br)c1[AsH]c1ccc(Br)cc1F. The van der Waals surface area contributed by atoms with Crippen molar-refractivity contribution in [1.82, 2.24) is 9.78 Å². The molecule has 0 N–H and O–H groups in total. The summed E-state index contributed by atoms with van der Waals surface area (Å²) in [7, 11) is 1.88. The minimum absolute atomic E-state index is 0.150. The quantitative estimate of drug-likeness (QED) is 0.687. The third-order valence-electron chi connectivity index (χ3n) is 2.08. The van der Waals surface area contributed by atoms with Crippen LogP contribution in [0.1, 0.15) is 0 Å². The molecule has 6 heteroatoms. The van der Waals surface area contributed by atoms with Crippen LogP contribution in [-0.4, -0.2) is 25.5 Å². The topological polar surface area (TPSA) is 17.8 Å². The van der Waals surface area contributed by atoms with Crippen molar-refractivity contribution in [2.45, 2.75) is 0 Å². The molecule has 0 aliphatic rings. The fourth-order valence-corrected chi connectivity index (χ4v) is 4.60. The Morgan fingerprint density at radius 2 is 2.12 bits per heavy atom. The molecule has 16 heavy (non-hydrogen) atoms. The van der Waals surface area contributed by atoms with Crippen LogP contribution in [-0.2, 0) is 7.05 Å². The van der Waals surface area contributed by atoms with Crippen molar-refractivity contribution in [3.63, 3.8) is 0 Å². The van der Waals surface area contributed by atoms with E-state index < -0.39 is 15.8 Å². The molecule has 0 saturated heterocycles. The molecule has 0 bridgehead atoms. The molecule has 1 heterocycles. The first-order valence-electron chi connectivity index (χ1n) is 4.47. The average Bonchev–Trinajstić information content (AvgIpc) is 2.53. The summed E-state index contributed by atoms with van der Waals surface area (Å²) in [6.07, 6.45) is 1.75. The van der Waals surface area contributed by atoms with Gasteiger partial charge in [0.2, 0.25) is 0 Å². The number of aromatic nitrogens is 2. The number of benzene rings is 1. The Bertz CT molecular complexity index is 508. The predicted molar refractivity (Wildman–Crippen MR) is 71.4 cm³/mol. The Morgan fingerprint density at radius 3 is 2.69 bits per heavy atom. The summed E-state index contributed by atoms with van der Waals surface area (Å²) in [5.74, 6) is -0.150. The fourth-order valence-electron chi connectivity index (χ4n) is 1.27. The van der Waals surface area contributed by atoms with Crippen LogP contribution in [0.15, 0.2) is 33.3 Å². The molecule has 1 aromatic heterocycles. The molecule has 2 aromatic rings. The van der Waals surface area contributed by atoms with Crippen LogP contribution < -0.4 is 8.83 Å². The van der Waals surface area contributed by atoms with Crippen molar-refractivity contribution in [3.8, 4) is 0 Å². The van der Waals surface area contributed by atoms with E-state index in [2.05, 4.69) is 37.0 Å². The maximum absolute atomic E-state index is 13.7. The van der Waals surface area contributed by atoms with E-state index >= 15 is 0 Å².